The molecule has 3 aromatic rings. The van der Waals surface area contributed by atoms with Gasteiger partial charge in [-0.25, -0.2) is 13.5 Å². The summed E-state index contributed by atoms with van der Waals surface area (Å²) in [5.74, 6) is 0.772. The van der Waals surface area contributed by atoms with E-state index in [0.29, 0.717) is 35.7 Å². The van der Waals surface area contributed by atoms with Crippen molar-refractivity contribution < 1.29 is 9.00 Å². The van der Waals surface area contributed by atoms with Crippen molar-refractivity contribution >= 4 is 45.3 Å². The monoisotopic (exact) mass is 559 g/mol. The van der Waals surface area contributed by atoms with Crippen molar-refractivity contribution in [1.82, 2.24) is 13.8 Å². The van der Waals surface area contributed by atoms with E-state index in [-0.39, 0.29) is 11.5 Å². The topological polar surface area (TPSA) is 101 Å². The van der Waals surface area contributed by atoms with Crippen LogP contribution in [0.2, 0.25) is 0 Å². The highest BCUT2D eigenvalue weighted by Crippen LogP contribution is 2.33. The zero-order valence-corrected chi connectivity index (χ0v) is 24.2. The molecule has 2 N–H and O–H groups in total. The second-order valence-electron chi connectivity index (χ2n) is 10.7. The van der Waals surface area contributed by atoms with Gasteiger partial charge in [0.1, 0.15) is 5.84 Å². The van der Waals surface area contributed by atoms with Crippen LogP contribution >= 0.6 is 0 Å². The number of aromatic nitrogens is 1. The molecule has 40 heavy (non-hydrogen) atoms. The molecule has 1 amide bonds. The number of pyridine rings is 1. The van der Waals surface area contributed by atoms with E-state index in [1.165, 1.54) is 0 Å². The van der Waals surface area contributed by atoms with Crippen molar-refractivity contribution in [1.29, 1.82) is 0 Å². The molecule has 0 bridgehead atoms. The number of carbonyl (C=O) groups is 1. The van der Waals surface area contributed by atoms with Crippen molar-refractivity contribution in [3.05, 3.63) is 70.2 Å². The largest absolute Gasteiger partial charge is 0.387 e. The fourth-order valence-corrected chi connectivity index (χ4v) is 6.34. The van der Waals surface area contributed by atoms with E-state index >= 15 is 0 Å². The number of nitrogens with two attached hydrogens (primary N) is 1. The molecule has 1 fully saturated rings. The van der Waals surface area contributed by atoms with Crippen LogP contribution in [0, 0.1) is 5.92 Å². The lowest BCUT2D eigenvalue weighted by Gasteiger charge is -2.37. The molecule has 1 aromatic heterocycles. The number of carbonyl (C=O) groups excluding carboxylic acids is 1. The van der Waals surface area contributed by atoms with Crippen molar-refractivity contribution in [3.8, 4) is 11.1 Å². The van der Waals surface area contributed by atoms with Gasteiger partial charge in [0.2, 0.25) is 5.91 Å². The lowest BCUT2D eigenvalue weighted by Crippen LogP contribution is -2.49. The highest BCUT2D eigenvalue weighted by atomic mass is 32.2. The van der Waals surface area contributed by atoms with Crippen LogP contribution in [-0.4, -0.2) is 62.2 Å². The van der Waals surface area contributed by atoms with Gasteiger partial charge in [-0.3, -0.25) is 9.59 Å². The van der Waals surface area contributed by atoms with Crippen LogP contribution in [0.3, 0.4) is 0 Å². The molecule has 2 aromatic carbocycles. The summed E-state index contributed by atoms with van der Waals surface area (Å²) >= 11 is 0. The molecule has 0 radical (unpaired) electrons. The van der Waals surface area contributed by atoms with Crippen LogP contribution in [0.25, 0.3) is 28.0 Å². The highest BCUT2D eigenvalue weighted by Gasteiger charge is 2.29. The van der Waals surface area contributed by atoms with E-state index in [4.69, 9.17) is 5.73 Å². The standard InChI is InChI=1S/C31H37N5O3S/c1-4-11-34(12-5-2)30(37)26-15-25-7-6-23(16-28(25)33-29(32)17-26)22-8-9-27-24(14-22)10-13-35(31(27)38)18-21-19-36(20-21)40(3)39/h6-10,13-16,21H,4-5,11-12,17-20H2,1-3H3,(H2,32,33). The fraction of sp³-hybridized carbons (Fsp3) is 0.387. The van der Waals surface area contributed by atoms with Gasteiger partial charge in [0.25, 0.3) is 5.56 Å². The first-order chi connectivity index (χ1) is 19.3. The lowest BCUT2D eigenvalue weighted by atomic mass is 9.98. The van der Waals surface area contributed by atoms with Crippen LogP contribution < -0.4 is 11.3 Å². The van der Waals surface area contributed by atoms with Crippen molar-refractivity contribution in [2.24, 2.45) is 16.6 Å². The quantitative estimate of drug-likeness (QED) is 0.422. The molecule has 8 nitrogen and oxygen atoms in total. The summed E-state index contributed by atoms with van der Waals surface area (Å²) in [5.41, 5.74) is 10.5. The van der Waals surface area contributed by atoms with Crippen LogP contribution in [0.15, 0.2) is 64.0 Å². The van der Waals surface area contributed by atoms with Crippen LogP contribution in [-0.2, 0) is 22.3 Å². The average Bonchev–Trinajstić information content (AvgIpc) is 3.08. The van der Waals surface area contributed by atoms with Gasteiger partial charge in [-0.2, -0.15) is 0 Å². The maximum atomic E-state index is 13.3. The van der Waals surface area contributed by atoms with Crippen molar-refractivity contribution in [2.45, 2.75) is 39.7 Å². The van der Waals surface area contributed by atoms with Crippen molar-refractivity contribution in [3.63, 3.8) is 0 Å². The van der Waals surface area contributed by atoms with Gasteiger partial charge in [-0.05, 0) is 59.7 Å². The number of amidine groups is 1. The lowest BCUT2D eigenvalue weighted by molar-refractivity contribution is -0.127. The Bertz CT molecular complexity index is 1580. The molecular formula is C31H37N5O3S. The normalized spacial score (nSPS) is 16.5. The average molecular weight is 560 g/mol. The van der Waals surface area contributed by atoms with Crippen LogP contribution in [0.4, 0.5) is 5.69 Å². The Morgan fingerprint density at radius 2 is 1.77 bits per heavy atom. The third-order valence-electron chi connectivity index (χ3n) is 7.60. The number of aliphatic imine (C=N–C) groups is 1. The smallest absolute Gasteiger partial charge is 0.258 e. The summed E-state index contributed by atoms with van der Waals surface area (Å²) in [6.45, 7) is 7.72. The molecule has 2 aliphatic heterocycles. The summed E-state index contributed by atoms with van der Waals surface area (Å²) in [4.78, 5) is 33.0. The summed E-state index contributed by atoms with van der Waals surface area (Å²) in [5, 5.41) is 1.55. The van der Waals surface area contributed by atoms with E-state index in [1.807, 2.05) is 63.9 Å². The molecule has 3 heterocycles. The van der Waals surface area contributed by atoms with Gasteiger partial charge >= 0.3 is 0 Å². The Hall–Kier alpha value is -3.56. The van der Waals surface area contributed by atoms with Gasteiger partial charge in [-0.15, -0.1) is 0 Å². The summed E-state index contributed by atoms with van der Waals surface area (Å²) in [6.07, 6.45) is 7.60. The van der Waals surface area contributed by atoms with E-state index < -0.39 is 11.0 Å². The Morgan fingerprint density at radius 1 is 1.07 bits per heavy atom. The number of hydrogen-bond acceptors (Lipinski definition) is 5. The summed E-state index contributed by atoms with van der Waals surface area (Å²) in [6, 6.07) is 13.8. The Kier molecular flexibility index (Phi) is 8.32. The van der Waals surface area contributed by atoms with E-state index in [0.717, 1.165) is 66.8 Å². The predicted octanol–water partition coefficient (Wildman–Crippen LogP) is 4.32. The van der Waals surface area contributed by atoms with Gasteiger partial charge in [0, 0.05) is 74.0 Å². The Labute approximate surface area is 237 Å². The molecule has 5 rings (SSSR count). The number of amides is 1. The van der Waals surface area contributed by atoms with Gasteiger partial charge in [-0.1, -0.05) is 32.0 Å². The molecule has 1 atom stereocenters. The first kappa shape index (κ1) is 28.0. The maximum absolute atomic E-state index is 13.3. The predicted molar refractivity (Wildman–Crippen MR) is 164 cm³/mol. The molecular weight excluding hydrogens is 522 g/mol. The summed E-state index contributed by atoms with van der Waals surface area (Å²) in [7, 11) is -0.952. The number of rotatable bonds is 9. The zero-order chi connectivity index (χ0) is 28.4. The Balaban J connectivity index is 1.40. The number of fused-ring (bicyclic) bond motifs is 2. The van der Waals surface area contributed by atoms with Gasteiger partial charge < -0.3 is 15.2 Å². The van der Waals surface area contributed by atoms with E-state index in [2.05, 4.69) is 18.8 Å². The molecule has 0 spiro atoms. The Morgan fingerprint density at radius 3 is 2.48 bits per heavy atom. The number of benzene rings is 2. The molecule has 0 saturated carbocycles. The van der Waals surface area contributed by atoms with E-state index in [1.54, 1.807) is 10.8 Å². The molecule has 0 aliphatic carbocycles. The van der Waals surface area contributed by atoms with E-state index in [9.17, 15) is 13.8 Å². The second kappa shape index (κ2) is 11.9. The van der Waals surface area contributed by atoms with Crippen molar-refractivity contribution in [2.75, 3.05) is 32.4 Å². The second-order valence-corrected chi connectivity index (χ2v) is 12.1. The molecule has 1 unspecified atom stereocenters. The number of hydrogen-bond donors (Lipinski definition) is 1. The first-order valence-corrected chi connectivity index (χ1v) is 15.5. The maximum Gasteiger partial charge on any atom is 0.258 e. The van der Waals surface area contributed by atoms with Gasteiger partial charge in [0.15, 0.2) is 0 Å². The highest BCUT2D eigenvalue weighted by molar-refractivity contribution is 7.81. The first-order valence-electron chi connectivity index (χ1n) is 14.0. The fourth-order valence-electron chi connectivity index (χ4n) is 5.50. The molecule has 2 aliphatic rings. The number of nitrogens with zero attached hydrogens (tertiary/aromatic N) is 4. The third kappa shape index (κ3) is 5.81. The van der Waals surface area contributed by atoms with Gasteiger partial charge in [0.05, 0.1) is 16.7 Å². The minimum atomic E-state index is -0.952. The van der Waals surface area contributed by atoms with Crippen LogP contribution in [0.1, 0.15) is 38.7 Å². The molecule has 9 heteroatoms. The molecule has 1 saturated heterocycles. The third-order valence-corrected chi connectivity index (χ3v) is 8.62. The SMILES string of the molecule is CCCN(CCC)C(=O)C1=Cc2ccc(-c3ccc4c(=O)n(CC5CN(S(C)=O)C5)ccc4c3)cc2N=C(N)C1. The van der Waals surface area contributed by atoms with Crippen LogP contribution in [0.5, 0.6) is 0 Å². The minimum Gasteiger partial charge on any atom is -0.387 e. The summed E-state index contributed by atoms with van der Waals surface area (Å²) < 4.78 is 15.2. The zero-order valence-electron chi connectivity index (χ0n) is 23.4. The molecule has 210 valence electrons. The minimum absolute atomic E-state index is 0.0121.